The van der Waals surface area contributed by atoms with Crippen LogP contribution in [0.5, 0.6) is 11.5 Å². The van der Waals surface area contributed by atoms with Crippen LogP contribution < -0.4 is 20.1 Å². The average molecular weight is 430 g/mol. The van der Waals surface area contributed by atoms with Crippen molar-refractivity contribution in [3.63, 3.8) is 0 Å². The molecule has 0 radical (unpaired) electrons. The lowest BCUT2D eigenvalue weighted by Gasteiger charge is -2.13. The molecule has 0 aliphatic carbocycles. The normalized spacial score (nSPS) is 17.2. The number of amides is 4. The number of nitrogens with one attached hydrogen (secondary N) is 2. The van der Waals surface area contributed by atoms with E-state index in [2.05, 4.69) is 10.6 Å². The Bertz CT molecular complexity index is 996. The van der Waals surface area contributed by atoms with Crippen molar-refractivity contribution in [3.8, 4) is 11.5 Å². The first-order valence-electron chi connectivity index (χ1n) is 9.52. The zero-order valence-corrected chi connectivity index (χ0v) is 16.8. The van der Waals surface area contributed by atoms with Gasteiger partial charge >= 0.3 is 6.03 Å². The van der Waals surface area contributed by atoms with Gasteiger partial charge < -0.3 is 20.1 Å². The zero-order chi connectivity index (χ0) is 21.1. The number of carbonyl (C=O) groups excluding carboxylic acids is 3. The molecule has 0 spiro atoms. The van der Waals surface area contributed by atoms with Gasteiger partial charge in [-0.15, -0.1) is 0 Å². The standard InChI is InChI=1S/C21H20ClN3O5/c22-15-4-2-1-3-14(15)10-23-19(26)8-6-16-20(27)25(21(28)24-16)11-13-5-7-17-18(9-13)30-12-29-17/h1-5,7,9,16H,6,8,10-12H2,(H,23,26)(H,24,28). The summed E-state index contributed by atoms with van der Waals surface area (Å²) in [5.41, 5.74) is 1.56. The lowest BCUT2D eigenvalue weighted by molar-refractivity contribution is -0.128. The minimum atomic E-state index is -0.724. The topological polar surface area (TPSA) is 97.0 Å². The second-order valence-corrected chi connectivity index (χ2v) is 7.43. The molecule has 0 aromatic heterocycles. The Morgan fingerprint density at radius 3 is 2.80 bits per heavy atom. The second kappa shape index (κ2) is 8.62. The number of carbonyl (C=O) groups is 3. The maximum Gasteiger partial charge on any atom is 0.325 e. The quantitative estimate of drug-likeness (QED) is 0.659. The summed E-state index contributed by atoms with van der Waals surface area (Å²) in [6.07, 6.45) is 0.329. The van der Waals surface area contributed by atoms with Crippen molar-refractivity contribution >= 4 is 29.4 Å². The van der Waals surface area contributed by atoms with Crippen molar-refractivity contribution < 1.29 is 23.9 Å². The number of fused-ring (bicyclic) bond motifs is 1. The van der Waals surface area contributed by atoms with Crippen LogP contribution in [0.25, 0.3) is 0 Å². The molecule has 2 aliphatic rings. The Balaban J connectivity index is 1.28. The van der Waals surface area contributed by atoms with Crippen LogP contribution in [0.3, 0.4) is 0 Å². The van der Waals surface area contributed by atoms with E-state index >= 15 is 0 Å². The fourth-order valence-corrected chi connectivity index (χ4v) is 3.55. The van der Waals surface area contributed by atoms with Crippen molar-refractivity contribution in [3.05, 3.63) is 58.6 Å². The summed E-state index contributed by atoms with van der Waals surface area (Å²) in [5, 5.41) is 6.00. The highest BCUT2D eigenvalue weighted by atomic mass is 35.5. The maximum atomic E-state index is 12.6. The highest BCUT2D eigenvalue weighted by molar-refractivity contribution is 6.31. The van der Waals surface area contributed by atoms with Gasteiger partial charge in [0.15, 0.2) is 11.5 Å². The average Bonchev–Trinajstić information content (AvgIpc) is 3.31. The molecular formula is C21H20ClN3O5. The van der Waals surface area contributed by atoms with Gasteiger partial charge in [0, 0.05) is 18.0 Å². The number of hydrogen-bond donors (Lipinski definition) is 2. The maximum absolute atomic E-state index is 12.6. The molecule has 1 atom stereocenters. The van der Waals surface area contributed by atoms with E-state index in [1.807, 2.05) is 18.2 Å². The molecule has 1 fully saturated rings. The fraction of sp³-hybridized carbons (Fsp3) is 0.286. The summed E-state index contributed by atoms with van der Waals surface area (Å²) in [6, 6.07) is 11.3. The van der Waals surface area contributed by atoms with Crippen LogP contribution in [0, 0.1) is 0 Å². The molecule has 0 bridgehead atoms. The van der Waals surface area contributed by atoms with E-state index in [0.29, 0.717) is 23.1 Å². The van der Waals surface area contributed by atoms with Crippen molar-refractivity contribution in [2.75, 3.05) is 6.79 Å². The van der Waals surface area contributed by atoms with Crippen molar-refractivity contribution in [1.82, 2.24) is 15.5 Å². The lowest BCUT2D eigenvalue weighted by atomic mass is 10.1. The number of benzene rings is 2. The van der Waals surface area contributed by atoms with Crippen molar-refractivity contribution in [1.29, 1.82) is 0 Å². The first-order chi connectivity index (χ1) is 14.5. The number of urea groups is 1. The molecule has 2 heterocycles. The summed E-state index contributed by atoms with van der Waals surface area (Å²) < 4.78 is 10.6. The van der Waals surface area contributed by atoms with E-state index in [1.165, 1.54) is 0 Å². The van der Waals surface area contributed by atoms with Gasteiger partial charge in [-0.25, -0.2) is 4.79 Å². The summed E-state index contributed by atoms with van der Waals surface area (Å²) >= 11 is 6.07. The smallest absolute Gasteiger partial charge is 0.325 e. The number of hydrogen-bond acceptors (Lipinski definition) is 5. The van der Waals surface area contributed by atoms with Crippen molar-refractivity contribution in [2.45, 2.75) is 32.0 Å². The predicted molar refractivity (Wildman–Crippen MR) is 108 cm³/mol. The summed E-state index contributed by atoms with van der Waals surface area (Å²) in [4.78, 5) is 38.2. The van der Waals surface area contributed by atoms with Crippen LogP contribution >= 0.6 is 11.6 Å². The SMILES string of the molecule is O=C(CCC1NC(=O)N(Cc2ccc3c(c2)OCO3)C1=O)NCc1ccccc1Cl. The van der Waals surface area contributed by atoms with Crippen LogP contribution in [0.15, 0.2) is 42.5 Å². The molecule has 2 N–H and O–H groups in total. The largest absolute Gasteiger partial charge is 0.454 e. The number of halogens is 1. The Kier molecular flexibility index (Phi) is 5.76. The molecule has 1 saturated heterocycles. The van der Waals surface area contributed by atoms with Crippen LogP contribution in [0.2, 0.25) is 5.02 Å². The molecule has 8 nitrogen and oxygen atoms in total. The monoisotopic (exact) mass is 429 g/mol. The van der Waals surface area contributed by atoms with Gasteiger partial charge in [-0.1, -0.05) is 35.9 Å². The predicted octanol–water partition coefficient (Wildman–Crippen LogP) is 2.59. The van der Waals surface area contributed by atoms with Gasteiger partial charge in [0.05, 0.1) is 6.54 Å². The molecule has 4 rings (SSSR count). The Morgan fingerprint density at radius 1 is 1.17 bits per heavy atom. The minimum absolute atomic E-state index is 0.110. The molecule has 2 aliphatic heterocycles. The lowest BCUT2D eigenvalue weighted by Crippen LogP contribution is -2.32. The Labute approximate surface area is 178 Å². The third-order valence-electron chi connectivity index (χ3n) is 4.98. The van der Waals surface area contributed by atoms with Gasteiger partial charge in [0.25, 0.3) is 5.91 Å². The number of nitrogens with zero attached hydrogens (tertiary/aromatic N) is 1. The minimum Gasteiger partial charge on any atom is -0.454 e. The fourth-order valence-electron chi connectivity index (χ4n) is 3.34. The molecule has 4 amide bonds. The molecular weight excluding hydrogens is 410 g/mol. The molecule has 9 heteroatoms. The summed E-state index contributed by atoms with van der Waals surface area (Å²) in [6.45, 7) is 0.582. The molecule has 156 valence electrons. The van der Waals surface area contributed by atoms with Crippen LogP contribution in [0.4, 0.5) is 4.79 Å². The van der Waals surface area contributed by atoms with E-state index in [-0.39, 0.29) is 38.0 Å². The number of imide groups is 1. The zero-order valence-electron chi connectivity index (χ0n) is 16.0. The van der Waals surface area contributed by atoms with Gasteiger partial charge in [0.1, 0.15) is 6.04 Å². The van der Waals surface area contributed by atoms with Gasteiger partial charge in [-0.2, -0.15) is 0 Å². The molecule has 30 heavy (non-hydrogen) atoms. The number of ether oxygens (including phenoxy) is 2. The van der Waals surface area contributed by atoms with E-state index in [0.717, 1.165) is 16.0 Å². The van der Waals surface area contributed by atoms with Gasteiger partial charge in [-0.3, -0.25) is 14.5 Å². The third-order valence-corrected chi connectivity index (χ3v) is 5.35. The van der Waals surface area contributed by atoms with Crippen LogP contribution in [-0.2, 0) is 22.7 Å². The first kappa shape index (κ1) is 20.0. The highest BCUT2D eigenvalue weighted by Crippen LogP contribution is 2.33. The molecule has 1 unspecified atom stereocenters. The van der Waals surface area contributed by atoms with E-state index in [4.69, 9.17) is 21.1 Å². The molecule has 2 aromatic rings. The highest BCUT2D eigenvalue weighted by Gasteiger charge is 2.38. The summed E-state index contributed by atoms with van der Waals surface area (Å²) in [5.74, 6) is 0.658. The van der Waals surface area contributed by atoms with Gasteiger partial charge in [0.2, 0.25) is 12.7 Å². The number of rotatable bonds is 7. The summed E-state index contributed by atoms with van der Waals surface area (Å²) in [7, 11) is 0. The molecule has 0 saturated carbocycles. The van der Waals surface area contributed by atoms with Crippen molar-refractivity contribution in [2.24, 2.45) is 0 Å². The Hall–Kier alpha value is -3.26. The Morgan fingerprint density at radius 2 is 1.97 bits per heavy atom. The first-order valence-corrected chi connectivity index (χ1v) is 9.89. The second-order valence-electron chi connectivity index (χ2n) is 7.02. The van der Waals surface area contributed by atoms with E-state index < -0.39 is 12.1 Å². The van der Waals surface area contributed by atoms with Gasteiger partial charge in [-0.05, 0) is 35.7 Å². The third kappa shape index (κ3) is 4.33. The van der Waals surface area contributed by atoms with E-state index in [9.17, 15) is 14.4 Å². The molecule has 2 aromatic carbocycles. The van der Waals surface area contributed by atoms with Crippen LogP contribution in [-0.4, -0.2) is 35.6 Å². The van der Waals surface area contributed by atoms with E-state index in [1.54, 1.807) is 24.3 Å². The van der Waals surface area contributed by atoms with Crippen LogP contribution in [0.1, 0.15) is 24.0 Å².